The van der Waals surface area contributed by atoms with Gasteiger partial charge in [-0.2, -0.15) is 0 Å². The summed E-state index contributed by atoms with van der Waals surface area (Å²) in [5.74, 6) is -2.15. The third-order valence-electron chi connectivity index (χ3n) is 3.19. The van der Waals surface area contributed by atoms with Gasteiger partial charge in [0.25, 0.3) is 0 Å². The number of ether oxygens (including phenoxy) is 1. The van der Waals surface area contributed by atoms with E-state index in [2.05, 4.69) is 0 Å². The minimum Gasteiger partial charge on any atom is -0.496 e. The zero-order valence-corrected chi connectivity index (χ0v) is 11.5. The average molecular weight is 276 g/mol. The quantitative estimate of drug-likeness (QED) is 0.797. The third-order valence-corrected chi connectivity index (χ3v) is 3.19. The van der Waals surface area contributed by atoms with Gasteiger partial charge in [-0.3, -0.25) is 4.79 Å². The Kier molecular flexibility index (Phi) is 3.84. The fourth-order valence-electron chi connectivity index (χ4n) is 1.94. The van der Waals surface area contributed by atoms with Crippen LogP contribution < -0.4 is 4.74 Å². The molecule has 0 heterocycles. The van der Waals surface area contributed by atoms with Crippen LogP contribution in [-0.2, 0) is 0 Å². The summed E-state index contributed by atoms with van der Waals surface area (Å²) in [7, 11) is 1.49. The molecule has 0 amide bonds. The Labute approximate surface area is 116 Å². The molecule has 4 heteroatoms. The van der Waals surface area contributed by atoms with Crippen molar-refractivity contribution in [2.45, 2.75) is 13.8 Å². The van der Waals surface area contributed by atoms with E-state index in [9.17, 15) is 13.6 Å². The highest BCUT2D eigenvalue weighted by Crippen LogP contribution is 2.23. The molecule has 20 heavy (non-hydrogen) atoms. The lowest BCUT2D eigenvalue weighted by atomic mass is 10.00. The number of methoxy groups -OCH3 is 1. The van der Waals surface area contributed by atoms with Crippen LogP contribution in [0.5, 0.6) is 5.75 Å². The zero-order valence-electron chi connectivity index (χ0n) is 11.5. The highest BCUT2D eigenvalue weighted by atomic mass is 19.2. The van der Waals surface area contributed by atoms with Gasteiger partial charge in [-0.05, 0) is 37.1 Å². The van der Waals surface area contributed by atoms with Gasteiger partial charge in [0, 0.05) is 5.56 Å². The van der Waals surface area contributed by atoms with Gasteiger partial charge in [-0.1, -0.05) is 18.2 Å². The maximum absolute atomic E-state index is 13.8. The Hall–Kier alpha value is -2.23. The van der Waals surface area contributed by atoms with Crippen molar-refractivity contribution in [2.24, 2.45) is 0 Å². The molecule has 0 spiro atoms. The van der Waals surface area contributed by atoms with Crippen molar-refractivity contribution in [2.75, 3.05) is 7.11 Å². The largest absolute Gasteiger partial charge is 0.496 e. The van der Waals surface area contributed by atoms with Crippen LogP contribution in [0, 0.1) is 25.5 Å². The van der Waals surface area contributed by atoms with Gasteiger partial charge in [0.2, 0.25) is 0 Å². The lowest BCUT2D eigenvalue weighted by molar-refractivity contribution is 0.103. The van der Waals surface area contributed by atoms with Gasteiger partial charge in [0.15, 0.2) is 17.4 Å². The van der Waals surface area contributed by atoms with Gasteiger partial charge in [0.1, 0.15) is 5.75 Å². The first-order chi connectivity index (χ1) is 9.45. The van der Waals surface area contributed by atoms with E-state index in [1.54, 1.807) is 12.1 Å². The fraction of sp³-hybridized carbons (Fsp3) is 0.188. The molecule has 0 N–H and O–H groups in total. The molecular weight excluding hydrogens is 262 g/mol. The number of aryl methyl sites for hydroxylation is 2. The number of hydrogen-bond donors (Lipinski definition) is 0. The topological polar surface area (TPSA) is 26.3 Å². The molecule has 2 nitrogen and oxygen atoms in total. The van der Waals surface area contributed by atoms with Crippen LogP contribution in [0.3, 0.4) is 0 Å². The molecule has 0 bridgehead atoms. The Morgan fingerprint density at radius 1 is 1.00 bits per heavy atom. The lowest BCUT2D eigenvalue weighted by Crippen LogP contribution is -2.07. The minimum atomic E-state index is -1.12. The first-order valence-corrected chi connectivity index (χ1v) is 6.09. The molecule has 0 aliphatic rings. The summed E-state index contributed by atoms with van der Waals surface area (Å²) in [6.07, 6.45) is 0. The first kappa shape index (κ1) is 14.2. The second-order valence-electron chi connectivity index (χ2n) is 4.57. The van der Waals surface area contributed by atoms with Gasteiger partial charge < -0.3 is 4.74 Å². The first-order valence-electron chi connectivity index (χ1n) is 6.09. The Morgan fingerprint density at radius 2 is 1.65 bits per heavy atom. The van der Waals surface area contributed by atoms with Crippen LogP contribution >= 0.6 is 0 Å². The molecule has 0 aliphatic carbocycles. The fourth-order valence-corrected chi connectivity index (χ4v) is 1.94. The van der Waals surface area contributed by atoms with Crippen LogP contribution in [0.4, 0.5) is 8.78 Å². The van der Waals surface area contributed by atoms with Gasteiger partial charge in [0.05, 0.1) is 12.7 Å². The maximum Gasteiger partial charge on any atom is 0.196 e. The van der Waals surface area contributed by atoms with E-state index < -0.39 is 17.4 Å². The van der Waals surface area contributed by atoms with Crippen LogP contribution in [-0.4, -0.2) is 12.9 Å². The number of ketones is 1. The lowest BCUT2D eigenvalue weighted by Gasteiger charge is -2.08. The van der Waals surface area contributed by atoms with Crippen molar-refractivity contribution in [3.05, 3.63) is 64.2 Å². The normalized spacial score (nSPS) is 10.4. The molecule has 0 unspecified atom stereocenters. The molecule has 0 saturated heterocycles. The second kappa shape index (κ2) is 5.41. The Balaban J connectivity index is 2.49. The molecule has 0 aliphatic heterocycles. The van der Waals surface area contributed by atoms with E-state index in [-0.39, 0.29) is 16.7 Å². The van der Waals surface area contributed by atoms with Crippen LogP contribution in [0.25, 0.3) is 0 Å². The average Bonchev–Trinajstić information content (AvgIpc) is 2.45. The van der Waals surface area contributed by atoms with Gasteiger partial charge >= 0.3 is 0 Å². The summed E-state index contributed by atoms with van der Waals surface area (Å²) in [5, 5.41) is 0. The molecule has 2 aromatic carbocycles. The van der Waals surface area contributed by atoms with Crippen molar-refractivity contribution < 1.29 is 18.3 Å². The molecule has 0 aromatic heterocycles. The molecular formula is C16H14F2O2. The van der Waals surface area contributed by atoms with Crippen molar-refractivity contribution >= 4 is 5.78 Å². The van der Waals surface area contributed by atoms with E-state index in [0.717, 1.165) is 5.56 Å². The van der Waals surface area contributed by atoms with Crippen molar-refractivity contribution in [1.29, 1.82) is 0 Å². The highest BCUT2D eigenvalue weighted by Gasteiger charge is 2.19. The number of carbonyl (C=O) groups excluding carboxylic acids is 1. The number of halogens is 2. The van der Waals surface area contributed by atoms with Gasteiger partial charge in [-0.15, -0.1) is 0 Å². The van der Waals surface area contributed by atoms with Crippen LogP contribution in [0.2, 0.25) is 0 Å². The van der Waals surface area contributed by atoms with Crippen molar-refractivity contribution in [1.82, 2.24) is 0 Å². The van der Waals surface area contributed by atoms with E-state index in [1.807, 2.05) is 6.92 Å². The smallest absolute Gasteiger partial charge is 0.196 e. The molecule has 0 radical (unpaired) electrons. The van der Waals surface area contributed by atoms with Crippen LogP contribution in [0.15, 0.2) is 30.3 Å². The Morgan fingerprint density at radius 3 is 2.30 bits per heavy atom. The number of carbonyl (C=O) groups is 1. The minimum absolute atomic E-state index is 0.167. The van der Waals surface area contributed by atoms with E-state index in [0.29, 0.717) is 5.75 Å². The van der Waals surface area contributed by atoms with Crippen molar-refractivity contribution in [3.63, 3.8) is 0 Å². The summed E-state index contributed by atoms with van der Waals surface area (Å²) in [5.41, 5.74) is 1.01. The summed E-state index contributed by atoms with van der Waals surface area (Å²) in [6, 6.07) is 7.47. The number of benzene rings is 2. The molecule has 0 saturated carbocycles. The molecule has 0 fully saturated rings. The van der Waals surface area contributed by atoms with Crippen molar-refractivity contribution in [3.8, 4) is 5.75 Å². The van der Waals surface area contributed by atoms with E-state index in [4.69, 9.17) is 4.74 Å². The van der Waals surface area contributed by atoms with E-state index in [1.165, 1.54) is 32.2 Å². The summed E-state index contributed by atoms with van der Waals surface area (Å²) < 4.78 is 32.5. The number of rotatable bonds is 3. The molecule has 0 atom stereocenters. The maximum atomic E-state index is 13.8. The second-order valence-corrected chi connectivity index (χ2v) is 4.57. The van der Waals surface area contributed by atoms with E-state index >= 15 is 0 Å². The zero-order chi connectivity index (χ0) is 14.9. The summed E-state index contributed by atoms with van der Waals surface area (Å²) >= 11 is 0. The summed E-state index contributed by atoms with van der Waals surface area (Å²) in [4.78, 5) is 12.2. The molecule has 2 rings (SSSR count). The summed E-state index contributed by atoms with van der Waals surface area (Å²) in [6.45, 7) is 3.28. The molecule has 2 aromatic rings. The monoisotopic (exact) mass is 276 g/mol. The SMILES string of the molecule is COc1cc(C(=O)c2ccc(C)c(F)c2F)ccc1C. The predicted octanol–water partition coefficient (Wildman–Crippen LogP) is 3.82. The highest BCUT2D eigenvalue weighted by molar-refractivity contribution is 6.09. The predicted molar refractivity (Wildman–Crippen MR) is 72.3 cm³/mol. The Bertz CT molecular complexity index is 678. The standard InChI is InChI=1S/C16H14F2O2/c1-9-4-6-11(8-13(9)20-3)16(19)12-7-5-10(2)14(17)15(12)18/h4-8H,1-3H3. The van der Waals surface area contributed by atoms with Crippen LogP contribution in [0.1, 0.15) is 27.0 Å². The molecule has 104 valence electrons. The number of hydrogen-bond acceptors (Lipinski definition) is 2. The van der Waals surface area contributed by atoms with Gasteiger partial charge in [-0.25, -0.2) is 8.78 Å². The third kappa shape index (κ3) is 2.41.